The molecular formula is C11H16O4. The monoisotopic (exact) mass is 212 g/mol. The standard InChI is InChI=1S/C11H16O4/c1-3-11(10(13)14)7-8(11)5-6-9(12)15-4-2/h5-6,8H,3-4,7H2,1-2H3,(H,13,14). The highest BCUT2D eigenvalue weighted by atomic mass is 16.5. The second kappa shape index (κ2) is 4.47. The lowest BCUT2D eigenvalue weighted by Crippen LogP contribution is -2.15. The number of ether oxygens (including phenoxy) is 1. The molecule has 0 heterocycles. The largest absolute Gasteiger partial charge is 0.481 e. The highest BCUT2D eigenvalue weighted by Crippen LogP contribution is 2.56. The van der Waals surface area contributed by atoms with E-state index < -0.39 is 17.4 Å². The Morgan fingerprint density at radius 3 is 2.60 bits per heavy atom. The first-order valence-electron chi connectivity index (χ1n) is 5.15. The zero-order valence-corrected chi connectivity index (χ0v) is 9.03. The van der Waals surface area contributed by atoms with Crippen molar-refractivity contribution < 1.29 is 19.4 Å². The van der Waals surface area contributed by atoms with Crippen LogP contribution in [0.25, 0.3) is 0 Å². The fourth-order valence-corrected chi connectivity index (χ4v) is 1.77. The van der Waals surface area contributed by atoms with Gasteiger partial charge in [-0.1, -0.05) is 13.0 Å². The third-order valence-electron chi connectivity index (χ3n) is 2.94. The average Bonchev–Trinajstić information content (AvgIpc) is 2.90. The van der Waals surface area contributed by atoms with E-state index in [4.69, 9.17) is 9.84 Å². The fraction of sp³-hybridized carbons (Fsp3) is 0.636. The zero-order chi connectivity index (χ0) is 11.5. The van der Waals surface area contributed by atoms with Gasteiger partial charge in [-0.05, 0) is 25.7 Å². The van der Waals surface area contributed by atoms with Gasteiger partial charge in [-0.2, -0.15) is 0 Å². The van der Waals surface area contributed by atoms with Crippen molar-refractivity contribution in [3.8, 4) is 0 Å². The molecule has 2 atom stereocenters. The van der Waals surface area contributed by atoms with Gasteiger partial charge in [0.15, 0.2) is 0 Å². The van der Waals surface area contributed by atoms with E-state index in [-0.39, 0.29) is 5.92 Å². The fourth-order valence-electron chi connectivity index (χ4n) is 1.77. The Bertz CT molecular complexity index is 295. The molecule has 0 aliphatic heterocycles. The van der Waals surface area contributed by atoms with E-state index in [1.807, 2.05) is 6.92 Å². The predicted molar refractivity (Wildman–Crippen MR) is 54.2 cm³/mol. The number of carboxylic acids is 1. The molecule has 0 aromatic carbocycles. The minimum atomic E-state index is -0.775. The Hall–Kier alpha value is -1.32. The van der Waals surface area contributed by atoms with Crippen molar-refractivity contribution in [2.45, 2.75) is 26.7 Å². The van der Waals surface area contributed by atoms with Gasteiger partial charge in [-0.15, -0.1) is 0 Å². The Kier molecular flexibility index (Phi) is 3.50. The van der Waals surface area contributed by atoms with Gasteiger partial charge in [-0.25, -0.2) is 4.79 Å². The average molecular weight is 212 g/mol. The number of esters is 1. The molecular weight excluding hydrogens is 196 g/mol. The zero-order valence-electron chi connectivity index (χ0n) is 9.03. The second-order valence-electron chi connectivity index (χ2n) is 3.74. The van der Waals surface area contributed by atoms with Crippen molar-refractivity contribution in [3.05, 3.63) is 12.2 Å². The van der Waals surface area contributed by atoms with Crippen LogP contribution in [-0.4, -0.2) is 23.7 Å². The molecule has 2 unspecified atom stereocenters. The summed E-state index contributed by atoms with van der Waals surface area (Å²) in [5, 5.41) is 8.99. The van der Waals surface area contributed by atoms with Crippen molar-refractivity contribution in [2.75, 3.05) is 6.61 Å². The number of hydrogen-bond acceptors (Lipinski definition) is 3. The molecule has 4 heteroatoms. The number of carboxylic acid groups (broad SMARTS) is 1. The van der Waals surface area contributed by atoms with Crippen LogP contribution < -0.4 is 0 Å². The summed E-state index contributed by atoms with van der Waals surface area (Å²) in [7, 11) is 0. The molecule has 0 spiro atoms. The van der Waals surface area contributed by atoms with Crippen LogP contribution in [0.5, 0.6) is 0 Å². The maximum absolute atomic E-state index is 11.0. The molecule has 1 aliphatic rings. The molecule has 0 bridgehead atoms. The smallest absolute Gasteiger partial charge is 0.330 e. The molecule has 1 saturated carbocycles. The first kappa shape index (κ1) is 11.8. The summed E-state index contributed by atoms with van der Waals surface area (Å²) in [6.45, 7) is 3.93. The predicted octanol–water partition coefficient (Wildman–Crippen LogP) is 1.61. The van der Waals surface area contributed by atoms with Crippen LogP contribution in [0.2, 0.25) is 0 Å². The summed E-state index contributed by atoms with van der Waals surface area (Å²) < 4.78 is 4.71. The van der Waals surface area contributed by atoms with Gasteiger partial charge < -0.3 is 9.84 Å². The second-order valence-corrected chi connectivity index (χ2v) is 3.74. The van der Waals surface area contributed by atoms with Crippen molar-refractivity contribution in [1.29, 1.82) is 0 Å². The van der Waals surface area contributed by atoms with Crippen LogP contribution in [0, 0.1) is 11.3 Å². The van der Waals surface area contributed by atoms with Crippen LogP contribution in [0.3, 0.4) is 0 Å². The third-order valence-corrected chi connectivity index (χ3v) is 2.94. The molecule has 0 amide bonds. The van der Waals surface area contributed by atoms with E-state index in [0.717, 1.165) is 0 Å². The number of carbonyl (C=O) groups excluding carboxylic acids is 1. The van der Waals surface area contributed by atoms with E-state index in [1.165, 1.54) is 6.08 Å². The first-order chi connectivity index (χ1) is 7.06. The molecule has 1 fully saturated rings. The van der Waals surface area contributed by atoms with Crippen LogP contribution in [-0.2, 0) is 14.3 Å². The Morgan fingerprint density at radius 2 is 2.20 bits per heavy atom. The van der Waals surface area contributed by atoms with E-state index in [0.29, 0.717) is 19.4 Å². The summed E-state index contributed by atoms with van der Waals surface area (Å²) in [4.78, 5) is 21.9. The Balaban J connectivity index is 2.50. The topological polar surface area (TPSA) is 63.6 Å². The summed E-state index contributed by atoms with van der Waals surface area (Å²) in [5.41, 5.74) is -0.636. The van der Waals surface area contributed by atoms with Crippen LogP contribution in [0.15, 0.2) is 12.2 Å². The summed E-state index contributed by atoms with van der Waals surface area (Å²) in [6, 6.07) is 0. The first-order valence-corrected chi connectivity index (χ1v) is 5.15. The van der Waals surface area contributed by atoms with Crippen LogP contribution in [0.1, 0.15) is 26.7 Å². The third kappa shape index (κ3) is 2.37. The summed E-state index contributed by atoms with van der Waals surface area (Å²) >= 11 is 0. The van der Waals surface area contributed by atoms with Crippen molar-refractivity contribution in [2.24, 2.45) is 11.3 Å². The lowest BCUT2D eigenvalue weighted by atomic mass is 10.0. The van der Waals surface area contributed by atoms with Gasteiger partial charge in [0.1, 0.15) is 0 Å². The lowest BCUT2D eigenvalue weighted by molar-refractivity contribution is -0.144. The Morgan fingerprint density at radius 1 is 1.53 bits per heavy atom. The highest BCUT2D eigenvalue weighted by molar-refractivity contribution is 5.83. The maximum Gasteiger partial charge on any atom is 0.330 e. The number of aliphatic carboxylic acids is 1. The maximum atomic E-state index is 11.0. The molecule has 1 rings (SSSR count). The summed E-state index contributed by atoms with van der Waals surface area (Å²) in [5.74, 6) is -1.20. The van der Waals surface area contributed by atoms with Gasteiger partial charge in [0.2, 0.25) is 0 Å². The SMILES string of the molecule is CCOC(=O)C=CC1CC1(CC)C(=O)O. The lowest BCUT2D eigenvalue weighted by Gasteiger charge is -2.05. The van der Waals surface area contributed by atoms with Crippen LogP contribution >= 0.6 is 0 Å². The van der Waals surface area contributed by atoms with E-state index in [9.17, 15) is 9.59 Å². The quantitative estimate of drug-likeness (QED) is 0.555. The molecule has 84 valence electrons. The molecule has 1 aliphatic carbocycles. The minimum Gasteiger partial charge on any atom is -0.481 e. The molecule has 1 N–H and O–H groups in total. The van der Waals surface area contributed by atoms with E-state index in [1.54, 1.807) is 13.0 Å². The van der Waals surface area contributed by atoms with E-state index >= 15 is 0 Å². The van der Waals surface area contributed by atoms with Crippen molar-refractivity contribution in [1.82, 2.24) is 0 Å². The van der Waals surface area contributed by atoms with Crippen LogP contribution in [0.4, 0.5) is 0 Å². The highest BCUT2D eigenvalue weighted by Gasteiger charge is 2.57. The minimum absolute atomic E-state index is 0.0237. The molecule has 0 aromatic heterocycles. The molecule has 4 nitrogen and oxygen atoms in total. The summed E-state index contributed by atoms with van der Waals surface area (Å²) in [6.07, 6.45) is 4.19. The van der Waals surface area contributed by atoms with Crippen molar-refractivity contribution in [3.63, 3.8) is 0 Å². The normalized spacial score (nSPS) is 29.1. The number of hydrogen-bond donors (Lipinski definition) is 1. The van der Waals surface area contributed by atoms with Gasteiger partial charge in [-0.3, -0.25) is 4.79 Å². The number of allylic oxidation sites excluding steroid dienone is 1. The molecule has 0 radical (unpaired) electrons. The van der Waals surface area contributed by atoms with E-state index in [2.05, 4.69) is 0 Å². The molecule has 15 heavy (non-hydrogen) atoms. The molecule has 0 aromatic rings. The molecule has 0 saturated heterocycles. The van der Waals surface area contributed by atoms with Gasteiger partial charge in [0, 0.05) is 6.08 Å². The number of carbonyl (C=O) groups is 2. The van der Waals surface area contributed by atoms with Gasteiger partial charge in [0.25, 0.3) is 0 Å². The van der Waals surface area contributed by atoms with Gasteiger partial charge in [0.05, 0.1) is 12.0 Å². The Labute approximate surface area is 88.9 Å². The van der Waals surface area contributed by atoms with Gasteiger partial charge >= 0.3 is 11.9 Å². The number of rotatable bonds is 5. The van der Waals surface area contributed by atoms with Crippen molar-refractivity contribution >= 4 is 11.9 Å².